The standard InChI is InChI=1S/C7H7NO3/c9-6-1-3-8(4-2-6)5-7(10)11/h1-4H,5H2,(H,10,11). The molecular formula is C7H7NO3. The molecule has 4 nitrogen and oxygen atoms in total. The molecule has 0 bridgehead atoms. The molecule has 0 saturated heterocycles. The van der Waals surface area contributed by atoms with Crippen LogP contribution in [0.2, 0.25) is 0 Å². The first kappa shape index (κ1) is 7.53. The first-order chi connectivity index (χ1) is 5.18. The Hall–Kier alpha value is -1.58. The molecule has 0 amide bonds. The Morgan fingerprint density at radius 2 is 2.00 bits per heavy atom. The number of rotatable bonds is 2. The Balaban J connectivity index is 2.82. The summed E-state index contributed by atoms with van der Waals surface area (Å²) in [4.78, 5) is 20.7. The topological polar surface area (TPSA) is 59.3 Å². The Kier molecular flexibility index (Phi) is 2.06. The fourth-order valence-electron chi connectivity index (χ4n) is 0.705. The maximum absolute atomic E-state index is 10.5. The van der Waals surface area contributed by atoms with Gasteiger partial charge in [0, 0.05) is 24.5 Å². The van der Waals surface area contributed by atoms with Crippen molar-refractivity contribution in [2.75, 3.05) is 0 Å². The minimum atomic E-state index is -0.923. The maximum Gasteiger partial charge on any atom is 0.323 e. The van der Waals surface area contributed by atoms with Crippen molar-refractivity contribution in [3.63, 3.8) is 0 Å². The van der Waals surface area contributed by atoms with Gasteiger partial charge in [-0.25, -0.2) is 0 Å². The highest BCUT2D eigenvalue weighted by Crippen LogP contribution is 1.83. The molecule has 0 spiro atoms. The number of pyridine rings is 1. The molecule has 0 fully saturated rings. The van der Waals surface area contributed by atoms with E-state index in [0.717, 1.165) is 0 Å². The van der Waals surface area contributed by atoms with Gasteiger partial charge in [-0.15, -0.1) is 0 Å². The van der Waals surface area contributed by atoms with E-state index in [2.05, 4.69) is 0 Å². The minimum absolute atomic E-state index is 0.111. The average molecular weight is 153 g/mol. The summed E-state index contributed by atoms with van der Waals surface area (Å²) in [5.74, 6) is -0.923. The fourth-order valence-corrected chi connectivity index (χ4v) is 0.705. The van der Waals surface area contributed by atoms with Crippen molar-refractivity contribution in [3.8, 4) is 0 Å². The summed E-state index contributed by atoms with van der Waals surface area (Å²) in [6.07, 6.45) is 2.88. The molecule has 1 aromatic heterocycles. The van der Waals surface area contributed by atoms with E-state index in [0.29, 0.717) is 0 Å². The van der Waals surface area contributed by atoms with Crippen molar-refractivity contribution >= 4 is 5.97 Å². The van der Waals surface area contributed by atoms with Gasteiger partial charge in [-0.3, -0.25) is 9.59 Å². The summed E-state index contributed by atoms with van der Waals surface area (Å²) in [6, 6.07) is 2.64. The van der Waals surface area contributed by atoms with Crippen LogP contribution in [0.25, 0.3) is 0 Å². The molecule has 11 heavy (non-hydrogen) atoms. The number of carbonyl (C=O) groups is 1. The molecule has 1 aromatic rings. The largest absolute Gasteiger partial charge is 0.480 e. The third-order valence-electron chi connectivity index (χ3n) is 1.18. The summed E-state index contributed by atoms with van der Waals surface area (Å²) in [5, 5.41) is 8.34. The third-order valence-corrected chi connectivity index (χ3v) is 1.18. The van der Waals surface area contributed by atoms with Crippen LogP contribution in [-0.2, 0) is 11.3 Å². The van der Waals surface area contributed by atoms with E-state index in [1.807, 2.05) is 0 Å². The van der Waals surface area contributed by atoms with Crippen LogP contribution < -0.4 is 5.43 Å². The van der Waals surface area contributed by atoms with Crippen LogP contribution in [0.5, 0.6) is 0 Å². The van der Waals surface area contributed by atoms with E-state index in [1.54, 1.807) is 0 Å². The van der Waals surface area contributed by atoms with Crippen molar-refractivity contribution in [2.24, 2.45) is 0 Å². The molecule has 1 heterocycles. The van der Waals surface area contributed by atoms with Crippen LogP contribution in [0, 0.1) is 0 Å². The van der Waals surface area contributed by atoms with Crippen LogP contribution in [-0.4, -0.2) is 15.6 Å². The van der Waals surface area contributed by atoms with Gasteiger partial charge in [0.1, 0.15) is 6.54 Å². The third kappa shape index (κ3) is 2.25. The molecule has 0 aromatic carbocycles. The summed E-state index contributed by atoms with van der Waals surface area (Å²) in [7, 11) is 0. The van der Waals surface area contributed by atoms with E-state index >= 15 is 0 Å². The molecule has 0 saturated carbocycles. The normalized spacial score (nSPS) is 9.45. The number of aliphatic carboxylic acids is 1. The predicted molar refractivity (Wildman–Crippen MR) is 38.3 cm³/mol. The summed E-state index contributed by atoms with van der Waals surface area (Å²) >= 11 is 0. The van der Waals surface area contributed by atoms with Crippen molar-refractivity contribution in [1.29, 1.82) is 0 Å². The van der Waals surface area contributed by atoms with Crippen LogP contribution in [0.1, 0.15) is 0 Å². The number of hydrogen-bond donors (Lipinski definition) is 1. The molecule has 0 aliphatic rings. The van der Waals surface area contributed by atoms with E-state index in [1.165, 1.54) is 29.1 Å². The Bertz CT molecular complexity index is 295. The van der Waals surface area contributed by atoms with Crippen molar-refractivity contribution in [3.05, 3.63) is 34.7 Å². The van der Waals surface area contributed by atoms with E-state index in [4.69, 9.17) is 5.11 Å². The number of hydrogen-bond acceptors (Lipinski definition) is 2. The fraction of sp³-hybridized carbons (Fsp3) is 0.143. The molecule has 1 N–H and O–H groups in total. The lowest BCUT2D eigenvalue weighted by molar-refractivity contribution is -0.137. The van der Waals surface area contributed by atoms with Gasteiger partial charge in [0.2, 0.25) is 0 Å². The predicted octanol–water partition coefficient (Wildman–Crippen LogP) is -0.0671. The zero-order chi connectivity index (χ0) is 8.27. The van der Waals surface area contributed by atoms with Gasteiger partial charge in [0.25, 0.3) is 0 Å². The van der Waals surface area contributed by atoms with Crippen LogP contribution in [0.4, 0.5) is 0 Å². The summed E-state index contributed by atoms with van der Waals surface area (Å²) < 4.78 is 1.42. The van der Waals surface area contributed by atoms with Gasteiger partial charge in [0.05, 0.1) is 0 Å². The highest BCUT2D eigenvalue weighted by Gasteiger charge is 1.94. The van der Waals surface area contributed by atoms with E-state index < -0.39 is 5.97 Å². The summed E-state index contributed by atoms with van der Waals surface area (Å²) in [6.45, 7) is -0.111. The van der Waals surface area contributed by atoms with Gasteiger partial charge < -0.3 is 9.67 Å². The number of aromatic nitrogens is 1. The quantitative estimate of drug-likeness (QED) is 0.647. The highest BCUT2D eigenvalue weighted by molar-refractivity contribution is 5.66. The second-order valence-electron chi connectivity index (χ2n) is 2.10. The lowest BCUT2D eigenvalue weighted by Crippen LogP contribution is -2.10. The lowest BCUT2D eigenvalue weighted by atomic mass is 10.4. The summed E-state index contributed by atoms with van der Waals surface area (Å²) in [5.41, 5.74) is -0.119. The van der Waals surface area contributed by atoms with Crippen LogP contribution in [0.15, 0.2) is 29.3 Å². The molecular weight excluding hydrogens is 146 g/mol. The van der Waals surface area contributed by atoms with Gasteiger partial charge in [-0.1, -0.05) is 0 Å². The van der Waals surface area contributed by atoms with Gasteiger partial charge in [-0.2, -0.15) is 0 Å². The van der Waals surface area contributed by atoms with Crippen molar-refractivity contribution < 1.29 is 9.90 Å². The highest BCUT2D eigenvalue weighted by atomic mass is 16.4. The van der Waals surface area contributed by atoms with E-state index in [-0.39, 0.29) is 12.0 Å². The van der Waals surface area contributed by atoms with Gasteiger partial charge in [-0.05, 0) is 0 Å². The lowest BCUT2D eigenvalue weighted by Gasteiger charge is -1.98. The van der Waals surface area contributed by atoms with Crippen LogP contribution in [0.3, 0.4) is 0 Å². The number of carboxylic acids is 1. The first-order valence-electron chi connectivity index (χ1n) is 3.06. The Morgan fingerprint density at radius 1 is 1.45 bits per heavy atom. The molecule has 0 atom stereocenters. The molecule has 58 valence electrons. The average Bonchev–Trinajstić information content (AvgIpc) is 1.93. The number of carboxylic acid groups (broad SMARTS) is 1. The van der Waals surface area contributed by atoms with E-state index in [9.17, 15) is 9.59 Å². The zero-order valence-corrected chi connectivity index (χ0v) is 5.73. The Labute approximate surface area is 62.7 Å². The molecule has 4 heteroatoms. The van der Waals surface area contributed by atoms with Crippen molar-refractivity contribution in [2.45, 2.75) is 6.54 Å². The van der Waals surface area contributed by atoms with Gasteiger partial charge >= 0.3 is 5.97 Å². The number of nitrogens with zero attached hydrogens (tertiary/aromatic N) is 1. The molecule has 1 rings (SSSR count). The molecule has 0 radical (unpaired) electrons. The second-order valence-corrected chi connectivity index (χ2v) is 2.10. The van der Waals surface area contributed by atoms with Crippen LogP contribution >= 0.6 is 0 Å². The monoisotopic (exact) mass is 153 g/mol. The zero-order valence-electron chi connectivity index (χ0n) is 5.73. The SMILES string of the molecule is O=C(O)Cn1ccc(=O)cc1. The first-order valence-corrected chi connectivity index (χ1v) is 3.06. The Morgan fingerprint density at radius 3 is 2.45 bits per heavy atom. The minimum Gasteiger partial charge on any atom is -0.480 e. The maximum atomic E-state index is 10.5. The van der Waals surface area contributed by atoms with Gasteiger partial charge in [0.15, 0.2) is 5.43 Å². The second kappa shape index (κ2) is 3.01. The molecule has 0 unspecified atom stereocenters. The van der Waals surface area contributed by atoms with Crippen molar-refractivity contribution in [1.82, 2.24) is 4.57 Å². The smallest absolute Gasteiger partial charge is 0.323 e. The molecule has 0 aliphatic heterocycles. The molecule has 0 aliphatic carbocycles.